The lowest BCUT2D eigenvalue weighted by atomic mass is 9.81. The summed E-state index contributed by atoms with van der Waals surface area (Å²) in [5.41, 5.74) is 2.59. The summed E-state index contributed by atoms with van der Waals surface area (Å²) < 4.78 is 10.8. The van der Waals surface area contributed by atoms with Gasteiger partial charge in [0.25, 0.3) is 0 Å². The molecule has 3 aromatic carbocycles. The second-order valence-electron chi connectivity index (χ2n) is 7.24. The second kappa shape index (κ2) is 8.82. The summed E-state index contributed by atoms with van der Waals surface area (Å²) in [6.45, 7) is 0.179. The zero-order valence-electron chi connectivity index (χ0n) is 16.7. The van der Waals surface area contributed by atoms with E-state index in [0.717, 1.165) is 11.1 Å². The Morgan fingerprint density at radius 3 is 2.07 bits per heavy atom. The van der Waals surface area contributed by atoms with E-state index < -0.39 is 17.9 Å². The van der Waals surface area contributed by atoms with Crippen molar-refractivity contribution in [2.75, 3.05) is 12.0 Å². The standard InChI is InChI=1S/C25H23NO4/c1-29-21-14-12-20(13-15-21)26-23(25(28)30-17-19-10-6-3-7-11-19)22(24(26)27)16-18-8-4-2-5-9-18/h2-15,22-23H,16-17H2,1H3/t22-,23-/m0/s1. The molecule has 3 aromatic rings. The van der Waals surface area contributed by atoms with Crippen molar-refractivity contribution in [1.29, 1.82) is 0 Å². The van der Waals surface area contributed by atoms with Crippen molar-refractivity contribution in [2.45, 2.75) is 19.1 Å². The molecule has 0 saturated carbocycles. The Balaban J connectivity index is 1.55. The normalized spacial score (nSPS) is 17.9. The number of methoxy groups -OCH3 is 1. The monoisotopic (exact) mass is 401 g/mol. The van der Waals surface area contributed by atoms with E-state index >= 15 is 0 Å². The van der Waals surface area contributed by atoms with Crippen molar-refractivity contribution < 1.29 is 19.1 Å². The number of carbonyl (C=O) groups excluding carboxylic acids is 2. The quantitative estimate of drug-likeness (QED) is 0.443. The maximum absolute atomic E-state index is 13.0. The van der Waals surface area contributed by atoms with Crippen LogP contribution in [0.5, 0.6) is 5.75 Å². The molecule has 0 unspecified atom stereocenters. The Morgan fingerprint density at radius 2 is 1.47 bits per heavy atom. The van der Waals surface area contributed by atoms with Crippen LogP contribution in [0.25, 0.3) is 0 Å². The summed E-state index contributed by atoms with van der Waals surface area (Å²) in [6, 6.07) is 25.7. The Morgan fingerprint density at radius 1 is 0.867 bits per heavy atom. The highest BCUT2D eigenvalue weighted by Crippen LogP contribution is 2.36. The highest BCUT2D eigenvalue weighted by Gasteiger charge is 2.52. The molecule has 5 heteroatoms. The smallest absolute Gasteiger partial charge is 0.330 e. The predicted octanol–water partition coefficient (Wildman–Crippen LogP) is 4.01. The first-order chi connectivity index (χ1) is 14.7. The van der Waals surface area contributed by atoms with Crippen LogP contribution in [-0.4, -0.2) is 25.0 Å². The molecule has 2 atom stereocenters. The Hall–Kier alpha value is -3.60. The minimum absolute atomic E-state index is 0.0781. The van der Waals surface area contributed by atoms with E-state index in [-0.39, 0.29) is 12.5 Å². The highest BCUT2D eigenvalue weighted by atomic mass is 16.5. The number of anilines is 1. The number of carbonyl (C=O) groups is 2. The summed E-state index contributed by atoms with van der Waals surface area (Å²) >= 11 is 0. The number of rotatable bonds is 7. The third-order valence-corrected chi connectivity index (χ3v) is 5.33. The van der Waals surface area contributed by atoms with Crippen LogP contribution in [0.2, 0.25) is 0 Å². The maximum atomic E-state index is 13.0. The van der Waals surface area contributed by atoms with Crippen molar-refractivity contribution >= 4 is 17.6 Å². The van der Waals surface area contributed by atoms with Gasteiger partial charge in [-0.3, -0.25) is 9.69 Å². The van der Waals surface area contributed by atoms with Gasteiger partial charge in [0.2, 0.25) is 5.91 Å². The van der Waals surface area contributed by atoms with Gasteiger partial charge >= 0.3 is 5.97 Å². The molecule has 0 spiro atoms. The average molecular weight is 401 g/mol. The lowest BCUT2D eigenvalue weighted by molar-refractivity contribution is -0.155. The number of benzene rings is 3. The molecular weight excluding hydrogens is 378 g/mol. The summed E-state index contributed by atoms with van der Waals surface area (Å²) in [7, 11) is 1.59. The van der Waals surface area contributed by atoms with Gasteiger partial charge in [-0.1, -0.05) is 60.7 Å². The fourth-order valence-electron chi connectivity index (χ4n) is 3.73. The van der Waals surface area contributed by atoms with Crippen LogP contribution >= 0.6 is 0 Å². The fraction of sp³-hybridized carbons (Fsp3) is 0.200. The number of hydrogen-bond donors (Lipinski definition) is 0. The van der Waals surface area contributed by atoms with E-state index in [0.29, 0.717) is 17.9 Å². The zero-order valence-corrected chi connectivity index (χ0v) is 16.7. The van der Waals surface area contributed by atoms with E-state index in [9.17, 15) is 9.59 Å². The van der Waals surface area contributed by atoms with Gasteiger partial charge in [0, 0.05) is 5.69 Å². The van der Waals surface area contributed by atoms with Crippen molar-refractivity contribution in [3.05, 3.63) is 96.1 Å². The highest BCUT2D eigenvalue weighted by molar-refractivity contribution is 6.10. The van der Waals surface area contributed by atoms with Crippen molar-refractivity contribution in [1.82, 2.24) is 0 Å². The van der Waals surface area contributed by atoms with Crippen molar-refractivity contribution in [3.8, 4) is 5.75 Å². The molecular formula is C25H23NO4. The Bertz CT molecular complexity index is 1000. The van der Waals surface area contributed by atoms with Crippen LogP contribution < -0.4 is 9.64 Å². The van der Waals surface area contributed by atoms with Gasteiger partial charge in [0.1, 0.15) is 18.4 Å². The second-order valence-corrected chi connectivity index (χ2v) is 7.24. The van der Waals surface area contributed by atoms with Crippen LogP contribution in [0.15, 0.2) is 84.9 Å². The molecule has 1 aliphatic rings. The molecule has 0 radical (unpaired) electrons. The fourth-order valence-corrected chi connectivity index (χ4v) is 3.73. The molecule has 152 valence electrons. The molecule has 5 nitrogen and oxygen atoms in total. The molecule has 0 aromatic heterocycles. The molecule has 4 rings (SSSR count). The lowest BCUT2D eigenvalue weighted by Gasteiger charge is -2.45. The molecule has 0 aliphatic carbocycles. The van der Waals surface area contributed by atoms with Gasteiger partial charge in [0.15, 0.2) is 0 Å². The number of amides is 1. The first-order valence-corrected chi connectivity index (χ1v) is 9.89. The molecule has 1 aliphatic heterocycles. The summed E-state index contributed by atoms with van der Waals surface area (Å²) in [4.78, 5) is 27.5. The molecule has 30 heavy (non-hydrogen) atoms. The van der Waals surface area contributed by atoms with E-state index in [2.05, 4.69) is 0 Å². The third kappa shape index (κ3) is 4.06. The zero-order chi connectivity index (χ0) is 20.9. The van der Waals surface area contributed by atoms with Gasteiger partial charge in [-0.15, -0.1) is 0 Å². The molecule has 0 bridgehead atoms. The van der Waals surface area contributed by atoms with Crippen LogP contribution in [0.3, 0.4) is 0 Å². The van der Waals surface area contributed by atoms with E-state index in [1.165, 1.54) is 4.90 Å². The van der Waals surface area contributed by atoms with Gasteiger partial charge < -0.3 is 9.47 Å². The lowest BCUT2D eigenvalue weighted by Crippen LogP contribution is -2.65. The summed E-state index contributed by atoms with van der Waals surface area (Å²) in [5.74, 6) is -0.227. The van der Waals surface area contributed by atoms with Crippen LogP contribution in [0.1, 0.15) is 11.1 Å². The average Bonchev–Trinajstić information content (AvgIpc) is 2.81. The third-order valence-electron chi connectivity index (χ3n) is 5.33. The van der Waals surface area contributed by atoms with Gasteiger partial charge in [-0.05, 0) is 41.8 Å². The molecule has 1 fully saturated rings. The topological polar surface area (TPSA) is 55.8 Å². The Labute approximate surface area is 175 Å². The molecule has 1 amide bonds. The number of nitrogens with zero attached hydrogens (tertiary/aromatic N) is 1. The largest absolute Gasteiger partial charge is 0.497 e. The van der Waals surface area contributed by atoms with Crippen molar-refractivity contribution in [3.63, 3.8) is 0 Å². The molecule has 1 heterocycles. The minimum Gasteiger partial charge on any atom is -0.497 e. The number of hydrogen-bond acceptors (Lipinski definition) is 4. The van der Waals surface area contributed by atoms with Gasteiger partial charge in [-0.2, -0.15) is 0 Å². The summed E-state index contributed by atoms with van der Waals surface area (Å²) in [5, 5.41) is 0. The van der Waals surface area contributed by atoms with E-state index in [1.54, 1.807) is 31.4 Å². The van der Waals surface area contributed by atoms with E-state index in [4.69, 9.17) is 9.47 Å². The number of esters is 1. The molecule has 1 saturated heterocycles. The summed E-state index contributed by atoms with van der Waals surface area (Å²) in [6.07, 6.45) is 0.497. The SMILES string of the molecule is COc1ccc(N2C(=O)[C@@H](Cc3ccccc3)[C@H]2C(=O)OCc2ccccc2)cc1. The van der Waals surface area contributed by atoms with Crippen molar-refractivity contribution in [2.24, 2.45) is 5.92 Å². The molecule has 0 N–H and O–H groups in total. The number of ether oxygens (including phenoxy) is 2. The first kappa shape index (κ1) is 19.7. The first-order valence-electron chi connectivity index (χ1n) is 9.89. The Kier molecular flexibility index (Phi) is 5.80. The van der Waals surface area contributed by atoms with Crippen LogP contribution in [0, 0.1) is 5.92 Å². The van der Waals surface area contributed by atoms with Crippen LogP contribution in [-0.2, 0) is 27.4 Å². The maximum Gasteiger partial charge on any atom is 0.330 e. The van der Waals surface area contributed by atoms with E-state index in [1.807, 2.05) is 60.7 Å². The van der Waals surface area contributed by atoms with Gasteiger partial charge in [-0.25, -0.2) is 4.79 Å². The predicted molar refractivity (Wildman–Crippen MR) is 114 cm³/mol. The minimum atomic E-state index is -0.658. The van der Waals surface area contributed by atoms with Crippen LogP contribution in [0.4, 0.5) is 5.69 Å². The van der Waals surface area contributed by atoms with Gasteiger partial charge in [0.05, 0.1) is 13.0 Å². The number of β-lactam (4-membered cyclic amide) rings is 1.